The van der Waals surface area contributed by atoms with E-state index >= 15 is 0 Å². The minimum atomic E-state index is -0.187. The number of rotatable bonds is 4. The molecule has 0 amide bonds. The summed E-state index contributed by atoms with van der Waals surface area (Å²) in [7, 11) is 0. The average Bonchev–Trinajstić information content (AvgIpc) is 3.07. The van der Waals surface area contributed by atoms with E-state index in [0.717, 1.165) is 39.7 Å². The first-order chi connectivity index (χ1) is 9.70. The number of fused-ring (bicyclic) bond motifs is 1. The van der Waals surface area contributed by atoms with Crippen molar-refractivity contribution in [3.63, 3.8) is 0 Å². The van der Waals surface area contributed by atoms with Gasteiger partial charge >= 0.3 is 0 Å². The van der Waals surface area contributed by atoms with E-state index < -0.39 is 0 Å². The highest BCUT2D eigenvalue weighted by Gasteiger charge is 2.19. The Morgan fingerprint density at radius 3 is 2.95 bits per heavy atom. The van der Waals surface area contributed by atoms with Crippen LogP contribution in [-0.2, 0) is 6.54 Å². The van der Waals surface area contributed by atoms with Crippen molar-refractivity contribution in [3.8, 4) is 0 Å². The van der Waals surface area contributed by atoms with E-state index in [1.54, 1.807) is 11.3 Å². The second-order valence-corrected chi connectivity index (χ2v) is 6.16. The summed E-state index contributed by atoms with van der Waals surface area (Å²) in [6, 6.07) is 9.67. The number of hydrogen-bond acceptors (Lipinski definition) is 3. The predicted octanol–water partition coefficient (Wildman–Crippen LogP) is 4.21. The summed E-state index contributed by atoms with van der Waals surface area (Å²) in [6.07, 6.45) is 1.03. The molecular weight excluding hydrogens is 290 g/mol. The van der Waals surface area contributed by atoms with Crippen LogP contribution in [0.3, 0.4) is 0 Å². The van der Waals surface area contributed by atoms with E-state index in [1.807, 2.05) is 29.6 Å². The summed E-state index contributed by atoms with van der Waals surface area (Å²) < 4.78 is 2.19. The van der Waals surface area contributed by atoms with Gasteiger partial charge in [0.1, 0.15) is 5.82 Å². The normalized spacial score (nSPS) is 12.9. The molecule has 0 spiro atoms. The minimum absolute atomic E-state index is 0.187. The maximum absolute atomic E-state index is 6.39. The lowest BCUT2D eigenvalue weighted by atomic mass is 10.2. The maximum Gasteiger partial charge on any atom is 0.132 e. The Morgan fingerprint density at radius 1 is 1.40 bits per heavy atom. The molecule has 0 radical (unpaired) electrons. The number of aromatic nitrogens is 2. The topological polar surface area (TPSA) is 43.8 Å². The van der Waals surface area contributed by atoms with Crippen LogP contribution < -0.4 is 5.73 Å². The molecule has 2 N–H and O–H groups in total. The highest BCUT2D eigenvalue weighted by atomic mass is 35.5. The van der Waals surface area contributed by atoms with Gasteiger partial charge in [-0.1, -0.05) is 24.6 Å². The van der Waals surface area contributed by atoms with E-state index in [4.69, 9.17) is 22.3 Å². The van der Waals surface area contributed by atoms with Crippen molar-refractivity contribution in [2.24, 2.45) is 5.73 Å². The number of nitrogens with two attached hydrogens (primary N) is 1. The second kappa shape index (κ2) is 5.56. The van der Waals surface area contributed by atoms with Gasteiger partial charge in [0.2, 0.25) is 0 Å². The van der Waals surface area contributed by atoms with E-state index in [-0.39, 0.29) is 6.04 Å². The van der Waals surface area contributed by atoms with E-state index in [2.05, 4.69) is 17.6 Å². The summed E-state index contributed by atoms with van der Waals surface area (Å²) in [5.41, 5.74) is 8.39. The number of benzene rings is 1. The molecule has 5 heteroatoms. The van der Waals surface area contributed by atoms with Crippen LogP contribution in [0.25, 0.3) is 11.0 Å². The molecule has 1 atom stereocenters. The summed E-state index contributed by atoms with van der Waals surface area (Å²) >= 11 is 7.77. The van der Waals surface area contributed by atoms with Crippen LogP contribution in [0.2, 0.25) is 5.02 Å². The Hall–Kier alpha value is -1.36. The van der Waals surface area contributed by atoms with Gasteiger partial charge < -0.3 is 10.3 Å². The molecular formula is C15H16ClN3S. The van der Waals surface area contributed by atoms with Crippen LogP contribution in [0.15, 0.2) is 35.7 Å². The second-order valence-electron chi connectivity index (χ2n) is 4.75. The van der Waals surface area contributed by atoms with Crippen molar-refractivity contribution in [1.29, 1.82) is 0 Å². The standard InChI is InChI=1S/C15H16ClN3S/c1-2-7-19-12-9-10(16)5-6-11(12)18-15(19)14(17)13-4-3-8-20-13/h3-6,8-9,14H,2,7,17H2,1H3. The third-order valence-corrected chi connectivity index (χ3v) is 4.51. The van der Waals surface area contributed by atoms with Gasteiger partial charge in [0.25, 0.3) is 0 Å². The molecule has 0 bridgehead atoms. The van der Waals surface area contributed by atoms with E-state index in [0.29, 0.717) is 0 Å². The van der Waals surface area contributed by atoms with Crippen LogP contribution in [0.1, 0.15) is 30.1 Å². The molecule has 0 aliphatic carbocycles. The smallest absolute Gasteiger partial charge is 0.132 e. The average molecular weight is 306 g/mol. The number of aryl methyl sites for hydroxylation is 1. The Bertz CT molecular complexity index is 718. The van der Waals surface area contributed by atoms with Crippen molar-refractivity contribution in [2.75, 3.05) is 0 Å². The van der Waals surface area contributed by atoms with Gasteiger partial charge in [0, 0.05) is 16.4 Å². The number of halogens is 1. The van der Waals surface area contributed by atoms with Crippen LogP contribution in [-0.4, -0.2) is 9.55 Å². The monoisotopic (exact) mass is 305 g/mol. The lowest BCUT2D eigenvalue weighted by Gasteiger charge is -2.13. The third-order valence-electron chi connectivity index (χ3n) is 3.31. The van der Waals surface area contributed by atoms with Crippen molar-refractivity contribution < 1.29 is 0 Å². The molecule has 3 nitrogen and oxygen atoms in total. The lowest BCUT2D eigenvalue weighted by molar-refractivity contribution is 0.630. The molecule has 1 aromatic carbocycles. The van der Waals surface area contributed by atoms with Crippen molar-refractivity contribution in [1.82, 2.24) is 9.55 Å². The van der Waals surface area contributed by atoms with Crippen molar-refractivity contribution in [3.05, 3.63) is 51.4 Å². The largest absolute Gasteiger partial charge is 0.326 e. The first-order valence-electron chi connectivity index (χ1n) is 6.65. The number of nitrogens with zero attached hydrogens (tertiary/aromatic N) is 2. The predicted molar refractivity (Wildman–Crippen MR) is 85.4 cm³/mol. The molecule has 20 heavy (non-hydrogen) atoms. The molecule has 0 aliphatic heterocycles. The molecule has 0 saturated carbocycles. The van der Waals surface area contributed by atoms with Crippen LogP contribution in [0.5, 0.6) is 0 Å². The van der Waals surface area contributed by atoms with Gasteiger partial charge in [-0.25, -0.2) is 4.98 Å². The zero-order valence-corrected chi connectivity index (χ0v) is 12.8. The molecule has 3 rings (SSSR count). The van der Waals surface area contributed by atoms with E-state index in [9.17, 15) is 0 Å². The lowest BCUT2D eigenvalue weighted by Crippen LogP contribution is -2.17. The first kappa shape index (κ1) is 13.6. The summed E-state index contributed by atoms with van der Waals surface area (Å²) in [6.45, 7) is 3.04. The Balaban J connectivity index is 2.16. The molecule has 0 saturated heterocycles. The highest BCUT2D eigenvalue weighted by Crippen LogP contribution is 2.28. The molecule has 1 unspecified atom stereocenters. The van der Waals surface area contributed by atoms with Gasteiger partial charge in [0.05, 0.1) is 17.1 Å². The fourth-order valence-electron chi connectivity index (χ4n) is 2.41. The Morgan fingerprint density at radius 2 is 2.25 bits per heavy atom. The quantitative estimate of drug-likeness (QED) is 0.784. The Labute approximate surface area is 127 Å². The fourth-order valence-corrected chi connectivity index (χ4v) is 3.30. The van der Waals surface area contributed by atoms with Crippen LogP contribution in [0.4, 0.5) is 0 Å². The third kappa shape index (κ3) is 2.35. The minimum Gasteiger partial charge on any atom is -0.326 e. The number of thiophene rings is 1. The summed E-state index contributed by atoms with van der Waals surface area (Å²) in [5.74, 6) is 0.909. The molecule has 0 fully saturated rings. The highest BCUT2D eigenvalue weighted by molar-refractivity contribution is 7.10. The molecule has 3 aromatic rings. The molecule has 104 valence electrons. The summed E-state index contributed by atoms with van der Waals surface area (Å²) in [4.78, 5) is 5.84. The SMILES string of the molecule is CCCn1c(C(N)c2cccs2)nc2ccc(Cl)cc21. The van der Waals surface area contributed by atoms with Gasteiger partial charge in [0.15, 0.2) is 0 Å². The number of hydrogen-bond donors (Lipinski definition) is 1. The fraction of sp³-hybridized carbons (Fsp3) is 0.267. The molecule has 0 aliphatic rings. The molecule has 2 heterocycles. The summed E-state index contributed by atoms with van der Waals surface area (Å²) in [5, 5.41) is 2.77. The Kier molecular flexibility index (Phi) is 3.78. The van der Waals surface area contributed by atoms with Gasteiger partial charge in [-0.15, -0.1) is 11.3 Å². The van der Waals surface area contributed by atoms with Crippen molar-refractivity contribution >= 4 is 34.0 Å². The van der Waals surface area contributed by atoms with Crippen LogP contribution >= 0.6 is 22.9 Å². The zero-order valence-electron chi connectivity index (χ0n) is 11.2. The van der Waals surface area contributed by atoms with Gasteiger partial charge in [-0.2, -0.15) is 0 Å². The van der Waals surface area contributed by atoms with Crippen molar-refractivity contribution in [2.45, 2.75) is 25.9 Å². The first-order valence-corrected chi connectivity index (χ1v) is 7.91. The number of imidazole rings is 1. The zero-order chi connectivity index (χ0) is 14.1. The van der Waals surface area contributed by atoms with E-state index in [1.165, 1.54) is 0 Å². The molecule has 2 aromatic heterocycles. The van der Waals surface area contributed by atoms with Gasteiger partial charge in [-0.3, -0.25) is 0 Å². The maximum atomic E-state index is 6.39. The van der Waals surface area contributed by atoms with Crippen LogP contribution in [0, 0.1) is 0 Å². The van der Waals surface area contributed by atoms with Gasteiger partial charge in [-0.05, 0) is 36.1 Å².